The molecule has 2 aliphatic heterocycles. The summed E-state index contributed by atoms with van der Waals surface area (Å²) in [5.41, 5.74) is 3.79. The Morgan fingerprint density at radius 2 is 1.79 bits per heavy atom. The van der Waals surface area contributed by atoms with Crippen LogP contribution in [0.3, 0.4) is 0 Å². The number of carbonyl (C=O) groups excluding carboxylic acids is 1. The molecule has 4 rings (SSSR count). The zero-order valence-electron chi connectivity index (χ0n) is 16.6. The molecule has 2 saturated heterocycles. The summed E-state index contributed by atoms with van der Waals surface area (Å²) >= 11 is 0. The van der Waals surface area contributed by atoms with Crippen molar-refractivity contribution >= 4 is 17.7 Å². The van der Waals surface area contributed by atoms with E-state index in [2.05, 4.69) is 51.5 Å². The van der Waals surface area contributed by atoms with Gasteiger partial charge in [0.15, 0.2) is 0 Å². The molecule has 2 aromatic carbocycles. The van der Waals surface area contributed by atoms with Gasteiger partial charge >= 0.3 is 0 Å². The van der Waals surface area contributed by atoms with Crippen molar-refractivity contribution in [3.05, 3.63) is 71.8 Å². The standard InChI is InChI=1S/C24H29N3O/c1-20-7-5-11-22(15-20)25-23(28)12-14-27-18-24(19-27)16-26(17-24)13-6-10-21-8-3-2-4-9-21/h2-11,15H,12-14,16-19H2,1H3,(H,25,28)/b10-6+. The average molecular weight is 376 g/mol. The Morgan fingerprint density at radius 3 is 2.54 bits per heavy atom. The predicted molar refractivity (Wildman–Crippen MR) is 115 cm³/mol. The number of likely N-dealkylation sites (tertiary alicyclic amines) is 2. The van der Waals surface area contributed by atoms with Gasteiger partial charge in [0.05, 0.1) is 0 Å². The minimum absolute atomic E-state index is 0.104. The predicted octanol–water partition coefficient (Wildman–Crippen LogP) is 3.65. The van der Waals surface area contributed by atoms with Crippen molar-refractivity contribution in [1.82, 2.24) is 9.80 Å². The zero-order valence-corrected chi connectivity index (χ0v) is 16.6. The highest BCUT2D eigenvalue weighted by Crippen LogP contribution is 2.39. The van der Waals surface area contributed by atoms with Crippen LogP contribution in [-0.2, 0) is 4.79 Å². The largest absolute Gasteiger partial charge is 0.326 e. The maximum absolute atomic E-state index is 12.1. The van der Waals surface area contributed by atoms with Crippen molar-refractivity contribution in [2.45, 2.75) is 13.3 Å². The van der Waals surface area contributed by atoms with E-state index in [0.29, 0.717) is 11.8 Å². The fourth-order valence-corrected chi connectivity index (χ4v) is 4.40. The van der Waals surface area contributed by atoms with E-state index in [1.165, 1.54) is 18.7 Å². The van der Waals surface area contributed by atoms with Crippen LogP contribution < -0.4 is 5.32 Å². The number of carbonyl (C=O) groups is 1. The summed E-state index contributed by atoms with van der Waals surface area (Å²) in [6.45, 7) is 8.53. The normalized spacial score (nSPS) is 18.8. The van der Waals surface area contributed by atoms with Gasteiger partial charge in [-0.2, -0.15) is 0 Å². The van der Waals surface area contributed by atoms with E-state index >= 15 is 0 Å². The number of aryl methyl sites for hydroxylation is 1. The third-order valence-corrected chi connectivity index (χ3v) is 5.67. The molecule has 0 aliphatic carbocycles. The van der Waals surface area contributed by atoms with Gasteiger partial charge in [-0.3, -0.25) is 9.69 Å². The SMILES string of the molecule is Cc1cccc(NC(=O)CCN2CC3(CN(C/C=C/c4ccccc4)C3)C2)c1. The number of nitrogens with one attached hydrogen (secondary N) is 1. The van der Waals surface area contributed by atoms with Crippen LogP contribution in [0.4, 0.5) is 5.69 Å². The molecule has 0 aromatic heterocycles. The van der Waals surface area contributed by atoms with Gasteiger partial charge in [0, 0.05) is 56.8 Å². The van der Waals surface area contributed by atoms with Crippen molar-refractivity contribution in [3.8, 4) is 0 Å². The van der Waals surface area contributed by atoms with Crippen molar-refractivity contribution in [3.63, 3.8) is 0 Å². The maximum Gasteiger partial charge on any atom is 0.225 e. The summed E-state index contributed by atoms with van der Waals surface area (Å²) in [7, 11) is 0. The van der Waals surface area contributed by atoms with Crippen LogP contribution in [0.25, 0.3) is 6.08 Å². The van der Waals surface area contributed by atoms with E-state index in [-0.39, 0.29) is 5.91 Å². The lowest BCUT2D eigenvalue weighted by molar-refractivity contribution is -0.123. The van der Waals surface area contributed by atoms with Crippen LogP contribution in [0, 0.1) is 12.3 Å². The molecule has 1 amide bonds. The Bertz CT molecular complexity index is 832. The highest BCUT2D eigenvalue weighted by atomic mass is 16.1. The van der Waals surface area contributed by atoms with Gasteiger partial charge in [0.2, 0.25) is 5.91 Å². The van der Waals surface area contributed by atoms with E-state index in [9.17, 15) is 4.79 Å². The number of nitrogens with zero attached hydrogens (tertiary/aromatic N) is 2. The average Bonchev–Trinajstić information content (AvgIpc) is 2.62. The zero-order chi connectivity index (χ0) is 19.4. The lowest BCUT2D eigenvalue weighted by atomic mass is 9.73. The van der Waals surface area contributed by atoms with Gasteiger partial charge in [-0.15, -0.1) is 0 Å². The first-order chi connectivity index (χ1) is 13.6. The van der Waals surface area contributed by atoms with E-state index in [1.807, 2.05) is 37.3 Å². The third kappa shape index (κ3) is 4.70. The number of anilines is 1. The molecule has 0 bridgehead atoms. The summed E-state index contributed by atoms with van der Waals surface area (Å²) < 4.78 is 0. The summed E-state index contributed by atoms with van der Waals surface area (Å²) in [4.78, 5) is 17.1. The number of hydrogen-bond acceptors (Lipinski definition) is 3. The van der Waals surface area contributed by atoms with Crippen LogP contribution in [0.5, 0.6) is 0 Å². The van der Waals surface area contributed by atoms with Crippen molar-refractivity contribution in [2.75, 3.05) is 44.6 Å². The lowest BCUT2D eigenvalue weighted by Gasteiger charge is -2.60. The molecule has 0 atom stereocenters. The topological polar surface area (TPSA) is 35.6 Å². The van der Waals surface area contributed by atoms with Crippen LogP contribution in [0.2, 0.25) is 0 Å². The first-order valence-corrected chi connectivity index (χ1v) is 10.1. The lowest BCUT2D eigenvalue weighted by Crippen LogP contribution is -2.71. The molecule has 28 heavy (non-hydrogen) atoms. The fourth-order valence-electron chi connectivity index (χ4n) is 4.40. The summed E-state index contributed by atoms with van der Waals surface area (Å²) in [6.07, 6.45) is 5.02. The molecule has 146 valence electrons. The highest BCUT2D eigenvalue weighted by molar-refractivity contribution is 5.90. The van der Waals surface area contributed by atoms with Gasteiger partial charge in [-0.05, 0) is 30.2 Å². The number of hydrogen-bond donors (Lipinski definition) is 1. The summed E-state index contributed by atoms with van der Waals surface area (Å²) in [5.74, 6) is 0.104. The number of benzene rings is 2. The van der Waals surface area contributed by atoms with Crippen molar-refractivity contribution in [1.29, 1.82) is 0 Å². The smallest absolute Gasteiger partial charge is 0.225 e. The second kappa shape index (κ2) is 8.29. The molecule has 0 saturated carbocycles. The first kappa shape index (κ1) is 18.9. The second-order valence-corrected chi connectivity index (χ2v) is 8.36. The van der Waals surface area contributed by atoms with Crippen LogP contribution in [0.1, 0.15) is 17.5 Å². The molecule has 1 N–H and O–H groups in total. The van der Waals surface area contributed by atoms with E-state index < -0.39 is 0 Å². The monoisotopic (exact) mass is 375 g/mol. The quantitative estimate of drug-likeness (QED) is 0.802. The third-order valence-electron chi connectivity index (χ3n) is 5.67. The molecular formula is C24H29N3O. The number of amides is 1. The van der Waals surface area contributed by atoms with Crippen LogP contribution in [0.15, 0.2) is 60.7 Å². The van der Waals surface area contributed by atoms with Gasteiger partial charge in [0.1, 0.15) is 0 Å². The first-order valence-electron chi connectivity index (χ1n) is 10.1. The molecule has 4 nitrogen and oxygen atoms in total. The molecule has 2 heterocycles. The molecule has 2 aliphatic rings. The molecular weight excluding hydrogens is 346 g/mol. The minimum atomic E-state index is 0.104. The molecule has 2 aromatic rings. The van der Waals surface area contributed by atoms with Crippen LogP contribution in [-0.4, -0.2) is 55.0 Å². The van der Waals surface area contributed by atoms with Crippen LogP contribution >= 0.6 is 0 Å². The Kier molecular flexibility index (Phi) is 5.60. The highest BCUT2D eigenvalue weighted by Gasteiger charge is 2.50. The molecule has 0 radical (unpaired) electrons. The number of rotatable bonds is 7. The van der Waals surface area contributed by atoms with Gasteiger partial charge < -0.3 is 10.2 Å². The van der Waals surface area contributed by atoms with E-state index in [4.69, 9.17) is 0 Å². The minimum Gasteiger partial charge on any atom is -0.326 e. The van der Waals surface area contributed by atoms with E-state index in [1.54, 1.807) is 0 Å². The van der Waals surface area contributed by atoms with Crippen molar-refractivity contribution < 1.29 is 4.79 Å². The Morgan fingerprint density at radius 1 is 1.04 bits per heavy atom. The van der Waals surface area contributed by atoms with Gasteiger partial charge in [-0.25, -0.2) is 0 Å². The summed E-state index contributed by atoms with van der Waals surface area (Å²) in [6, 6.07) is 18.4. The Labute approximate surface area is 167 Å². The van der Waals surface area contributed by atoms with E-state index in [0.717, 1.165) is 37.4 Å². The molecule has 4 heteroatoms. The second-order valence-electron chi connectivity index (χ2n) is 8.36. The van der Waals surface area contributed by atoms with Gasteiger partial charge in [-0.1, -0.05) is 54.6 Å². The molecule has 2 fully saturated rings. The van der Waals surface area contributed by atoms with Gasteiger partial charge in [0.25, 0.3) is 0 Å². The Hall–Kier alpha value is -2.43. The van der Waals surface area contributed by atoms with Crippen molar-refractivity contribution in [2.24, 2.45) is 5.41 Å². The fraction of sp³-hybridized carbons (Fsp3) is 0.375. The molecule has 1 spiro atoms. The molecule has 0 unspecified atom stereocenters. The Balaban J connectivity index is 1.11. The maximum atomic E-state index is 12.1. The summed E-state index contributed by atoms with van der Waals surface area (Å²) in [5, 5.41) is 3.00.